The van der Waals surface area contributed by atoms with Crippen molar-refractivity contribution in [3.63, 3.8) is 0 Å². The van der Waals surface area contributed by atoms with Crippen molar-refractivity contribution in [3.05, 3.63) is 17.9 Å². The minimum Gasteiger partial charge on any atom is -0.338 e. The van der Waals surface area contributed by atoms with Gasteiger partial charge in [-0.15, -0.1) is 0 Å². The van der Waals surface area contributed by atoms with Crippen molar-refractivity contribution in [2.75, 3.05) is 25.0 Å². The molecule has 1 aliphatic heterocycles. The molecule has 0 spiro atoms. The summed E-state index contributed by atoms with van der Waals surface area (Å²) in [5.74, 6) is 0.953. The first-order valence-electron chi connectivity index (χ1n) is 6.78. The average Bonchev–Trinajstić information content (AvgIpc) is 2.97. The first-order chi connectivity index (χ1) is 10.0. The van der Waals surface area contributed by atoms with Gasteiger partial charge in [0, 0.05) is 25.2 Å². The van der Waals surface area contributed by atoms with Crippen LogP contribution in [0.25, 0.3) is 5.95 Å². The van der Waals surface area contributed by atoms with Gasteiger partial charge in [-0.25, -0.2) is 4.98 Å². The second-order valence-electron chi connectivity index (χ2n) is 5.31. The predicted molar refractivity (Wildman–Crippen MR) is 78.7 cm³/mol. The van der Waals surface area contributed by atoms with Crippen molar-refractivity contribution in [1.29, 1.82) is 0 Å². The van der Waals surface area contributed by atoms with Gasteiger partial charge in [0.1, 0.15) is 12.7 Å². The number of halogens is 1. The van der Waals surface area contributed by atoms with E-state index in [0.29, 0.717) is 24.0 Å². The molecule has 2 unspecified atom stereocenters. The molecule has 2 aromatic rings. The predicted octanol–water partition coefficient (Wildman–Crippen LogP) is 0.634. The van der Waals surface area contributed by atoms with Crippen molar-refractivity contribution in [2.24, 2.45) is 0 Å². The Bertz CT molecular complexity index is 604. The van der Waals surface area contributed by atoms with Crippen molar-refractivity contribution in [1.82, 2.24) is 34.6 Å². The van der Waals surface area contributed by atoms with E-state index < -0.39 is 0 Å². The molecule has 3 heterocycles. The Morgan fingerprint density at radius 1 is 1.10 bits per heavy atom. The molecule has 3 rings (SSSR count). The van der Waals surface area contributed by atoms with Crippen LogP contribution < -0.4 is 4.90 Å². The van der Waals surface area contributed by atoms with Crippen LogP contribution in [0.15, 0.2) is 12.7 Å². The van der Waals surface area contributed by atoms with E-state index in [1.807, 2.05) is 0 Å². The van der Waals surface area contributed by atoms with Gasteiger partial charge in [0.2, 0.25) is 11.2 Å². The fourth-order valence-corrected chi connectivity index (χ4v) is 2.60. The standard InChI is InChI=1S/C12H17ClN8/c1-8-4-20(5-9(2)19(8)3)11-16-10(13)17-12(18-11)21-7-14-6-15-21/h6-9H,4-5H2,1-3H3. The summed E-state index contributed by atoms with van der Waals surface area (Å²) in [6.07, 6.45) is 2.96. The van der Waals surface area contributed by atoms with Crippen LogP contribution in [0.3, 0.4) is 0 Å². The molecule has 2 atom stereocenters. The highest BCUT2D eigenvalue weighted by molar-refractivity contribution is 6.28. The van der Waals surface area contributed by atoms with E-state index in [1.54, 1.807) is 0 Å². The third-order valence-corrected chi connectivity index (χ3v) is 4.02. The summed E-state index contributed by atoms with van der Waals surface area (Å²) < 4.78 is 1.47. The third-order valence-electron chi connectivity index (χ3n) is 3.85. The molecule has 1 fully saturated rings. The smallest absolute Gasteiger partial charge is 0.258 e. The molecule has 2 aromatic heterocycles. The van der Waals surface area contributed by atoms with Crippen LogP contribution in [0.4, 0.5) is 5.95 Å². The Hall–Kier alpha value is -1.80. The van der Waals surface area contributed by atoms with Crippen molar-refractivity contribution in [3.8, 4) is 5.95 Å². The lowest BCUT2D eigenvalue weighted by molar-refractivity contribution is 0.169. The highest BCUT2D eigenvalue weighted by atomic mass is 35.5. The van der Waals surface area contributed by atoms with Crippen LogP contribution >= 0.6 is 11.6 Å². The van der Waals surface area contributed by atoms with Crippen LogP contribution in [0.5, 0.6) is 0 Å². The molecular formula is C12H17ClN8. The molecule has 1 aliphatic rings. The first-order valence-corrected chi connectivity index (χ1v) is 7.16. The largest absolute Gasteiger partial charge is 0.338 e. The molecule has 0 aliphatic carbocycles. The summed E-state index contributed by atoms with van der Waals surface area (Å²) in [6, 6.07) is 0.832. The molecule has 112 valence electrons. The van der Waals surface area contributed by atoms with Gasteiger partial charge >= 0.3 is 0 Å². The minimum atomic E-state index is 0.157. The summed E-state index contributed by atoms with van der Waals surface area (Å²) in [5, 5.41) is 4.18. The van der Waals surface area contributed by atoms with E-state index in [4.69, 9.17) is 11.6 Å². The SMILES string of the molecule is CC1CN(c2nc(Cl)nc(-n3cncn3)n2)CC(C)N1C. The molecule has 0 saturated carbocycles. The summed E-state index contributed by atoms with van der Waals surface area (Å²) in [5.41, 5.74) is 0. The van der Waals surface area contributed by atoms with Gasteiger partial charge in [-0.05, 0) is 32.5 Å². The quantitative estimate of drug-likeness (QED) is 0.805. The number of hydrogen-bond acceptors (Lipinski definition) is 7. The number of hydrogen-bond donors (Lipinski definition) is 0. The van der Waals surface area contributed by atoms with E-state index in [9.17, 15) is 0 Å². The van der Waals surface area contributed by atoms with Crippen LogP contribution in [0.1, 0.15) is 13.8 Å². The Kier molecular flexibility index (Phi) is 3.73. The summed E-state index contributed by atoms with van der Waals surface area (Å²) in [6.45, 7) is 6.06. The second kappa shape index (κ2) is 5.53. The first kappa shape index (κ1) is 14.2. The molecule has 21 heavy (non-hydrogen) atoms. The molecule has 0 bridgehead atoms. The molecule has 0 N–H and O–H groups in total. The van der Waals surface area contributed by atoms with Crippen LogP contribution in [0.2, 0.25) is 5.28 Å². The molecule has 8 nitrogen and oxygen atoms in total. The summed E-state index contributed by atoms with van der Waals surface area (Å²) in [7, 11) is 2.13. The van der Waals surface area contributed by atoms with Gasteiger partial charge in [0.25, 0.3) is 5.95 Å². The van der Waals surface area contributed by atoms with E-state index in [0.717, 1.165) is 13.1 Å². The molecule has 1 saturated heterocycles. The normalized spacial score (nSPS) is 23.5. The molecule has 9 heteroatoms. The maximum Gasteiger partial charge on any atom is 0.258 e. The lowest BCUT2D eigenvalue weighted by atomic mass is 10.1. The van der Waals surface area contributed by atoms with Crippen molar-refractivity contribution in [2.45, 2.75) is 25.9 Å². The fraction of sp³-hybridized carbons (Fsp3) is 0.583. The zero-order chi connectivity index (χ0) is 15.0. The number of rotatable bonds is 2. The topological polar surface area (TPSA) is 75.9 Å². The number of piperazine rings is 1. The van der Waals surface area contributed by atoms with Gasteiger partial charge in [0.05, 0.1) is 0 Å². The highest BCUT2D eigenvalue weighted by Crippen LogP contribution is 2.19. The summed E-state index contributed by atoms with van der Waals surface area (Å²) in [4.78, 5) is 21.2. The lowest BCUT2D eigenvalue weighted by Crippen LogP contribution is -2.55. The number of aromatic nitrogens is 6. The highest BCUT2D eigenvalue weighted by Gasteiger charge is 2.28. The monoisotopic (exact) mass is 308 g/mol. The van der Waals surface area contributed by atoms with E-state index in [-0.39, 0.29) is 5.28 Å². The van der Waals surface area contributed by atoms with Crippen LogP contribution in [-0.4, -0.2) is 66.8 Å². The van der Waals surface area contributed by atoms with Gasteiger partial charge < -0.3 is 4.90 Å². The average molecular weight is 309 g/mol. The zero-order valence-electron chi connectivity index (χ0n) is 12.2. The molecule has 0 radical (unpaired) electrons. The van der Waals surface area contributed by atoms with Crippen LogP contribution in [0, 0.1) is 0 Å². The second-order valence-corrected chi connectivity index (χ2v) is 5.65. The molecule has 0 amide bonds. The minimum absolute atomic E-state index is 0.157. The maximum atomic E-state index is 6.03. The van der Waals surface area contributed by atoms with Gasteiger partial charge in [-0.3, -0.25) is 4.90 Å². The Morgan fingerprint density at radius 2 is 1.76 bits per heavy atom. The lowest BCUT2D eigenvalue weighted by Gasteiger charge is -2.42. The van der Waals surface area contributed by atoms with Gasteiger partial charge in [-0.2, -0.15) is 24.7 Å². The van der Waals surface area contributed by atoms with E-state index in [2.05, 4.69) is 55.7 Å². The van der Waals surface area contributed by atoms with Crippen LogP contribution in [-0.2, 0) is 0 Å². The molecule has 0 aromatic carbocycles. The Morgan fingerprint density at radius 3 is 2.38 bits per heavy atom. The molecular weight excluding hydrogens is 292 g/mol. The van der Waals surface area contributed by atoms with Crippen molar-refractivity contribution >= 4 is 17.5 Å². The third kappa shape index (κ3) is 2.81. The van der Waals surface area contributed by atoms with Crippen molar-refractivity contribution < 1.29 is 0 Å². The fourth-order valence-electron chi connectivity index (χ4n) is 2.45. The summed E-state index contributed by atoms with van der Waals surface area (Å²) >= 11 is 6.03. The Balaban J connectivity index is 1.92. The maximum absolute atomic E-state index is 6.03. The number of anilines is 1. The van der Waals surface area contributed by atoms with Gasteiger partial charge in [-0.1, -0.05) is 0 Å². The number of likely N-dealkylation sites (N-methyl/N-ethyl adjacent to an activating group) is 1. The number of nitrogens with zero attached hydrogens (tertiary/aromatic N) is 8. The van der Waals surface area contributed by atoms with E-state index >= 15 is 0 Å². The van der Waals surface area contributed by atoms with Gasteiger partial charge in [0.15, 0.2) is 0 Å². The van der Waals surface area contributed by atoms with E-state index in [1.165, 1.54) is 17.3 Å². The zero-order valence-corrected chi connectivity index (χ0v) is 12.9. The Labute approximate surface area is 127 Å².